The van der Waals surface area contributed by atoms with E-state index in [9.17, 15) is 43.2 Å². The van der Waals surface area contributed by atoms with Gasteiger partial charge in [-0.1, -0.05) is 129 Å². The Bertz CT molecular complexity index is 5260. The smallest absolute Gasteiger partial charge is 0.326 e. The molecular formula is C68H48Cl6N12O9. The summed E-state index contributed by atoms with van der Waals surface area (Å²) in [5.74, 6) is -0.731. The summed E-state index contributed by atoms with van der Waals surface area (Å²) >= 11 is 36.0. The number of H-pyrrole nitrogens is 3. The molecule has 0 spiro atoms. The van der Waals surface area contributed by atoms with Gasteiger partial charge < -0.3 is 16.0 Å². The number of hydrogen-bond acceptors (Lipinski definition) is 11. The van der Waals surface area contributed by atoms with Crippen LogP contribution in [0.15, 0.2) is 242 Å². The molecule has 0 fully saturated rings. The van der Waals surface area contributed by atoms with Gasteiger partial charge in [-0.25, -0.2) is 19.1 Å². The van der Waals surface area contributed by atoms with Crippen molar-refractivity contribution in [3.8, 4) is 45.0 Å². The van der Waals surface area contributed by atoms with Crippen LogP contribution in [0.2, 0.25) is 30.1 Å². The molecule has 3 amide bonds. The Labute approximate surface area is 567 Å². The Morgan fingerprint density at radius 3 is 1.51 bits per heavy atom. The predicted octanol–water partition coefficient (Wildman–Crippen LogP) is 12.3. The number of rotatable bonds is 14. The van der Waals surface area contributed by atoms with Gasteiger partial charge in [0.05, 0.1) is 67.6 Å². The SMILES string of the molecule is Cc1ccc(-c2cccc(C(=O)Nc3ccc(-n4ccc(=O)[nH]c4=O)cc3)c2)cc1Cl.O=C(Cc1cccc(-c2ccc(Cl)c(Cl)c2)c1)Nc1ccc(-n2cc(Cl)c(=O)[nH]c2=O)cc1.O=C(Cc1cn(-c2ccc(-n3ccc(=O)[nH]c3=O)cc2)nn1)Nc1ccc(Cl)c(Cl)c1. The highest BCUT2D eigenvalue weighted by molar-refractivity contribution is 6.42. The second-order valence-electron chi connectivity index (χ2n) is 20.7. The molecule has 0 bridgehead atoms. The van der Waals surface area contributed by atoms with Gasteiger partial charge in [-0.15, -0.1) is 5.10 Å². The average Bonchev–Trinajstić information content (AvgIpc) is 2.09. The summed E-state index contributed by atoms with van der Waals surface area (Å²) < 4.78 is 5.35. The molecule has 0 unspecified atom stereocenters. The lowest BCUT2D eigenvalue weighted by Crippen LogP contribution is -2.28. The maximum absolute atomic E-state index is 12.7. The topological polar surface area (TPSA) is 283 Å². The van der Waals surface area contributed by atoms with Crippen LogP contribution in [0.25, 0.3) is 45.0 Å². The fourth-order valence-electron chi connectivity index (χ4n) is 9.25. The summed E-state index contributed by atoms with van der Waals surface area (Å²) in [5, 5.41) is 18.7. The van der Waals surface area contributed by atoms with E-state index in [2.05, 4.69) is 41.2 Å². The molecule has 0 aliphatic carbocycles. The minimum absolute atomic E-state index is 0.0189. The Morgan fingerprint density at radius 1 is 0.421 bits per heavy atom. The standard InChI is InChI=1S/C24H16Cl3N3O3.C24H18ClN3O3.C20H14Cl2N6O3/c25-19-9-4-16(12-20(19)26)15-3-1-2-14(10-15)11-22(31)28-17-5-7-18(8-6-17)30-13-21(27)23(32)29-24(30)33;1-15-5-6-17(14-21(15)25)16-3-2-4-18(13-16)23(30)26-19-7-9-20(10-8-19)28-12-11-22(29)27-24(28)31;21-16-6-1-12(9-17(16)22)23-19(30)10-13-11-28(26-25-13)15-4-2-14(3-5-15)27-8-7-18(29)24-20(27)31/h1-10,12-13H,11H2,(H,28,31)(H,29,32,33);2-14H,1H3,(H,26,30)(H,27,29,31);1-9,11H,10H2,(H,23,30)(H,24,29,31). The lowest BCUT2D eigenvalue weighted by molar-refractivity contribution is -0.116. The highest BCUT2D eigenvalue weighted by Crippen LogP contribution is 2.31. The number of hydrogen-bond donors (Lipinski definition) is 6. The molecule has 21 nitrogen and oxygen atoms in total. The van der Waals surface area contributed by atoms with Crippen LogP contribution in [0.3, 0.4) is 0 Å². The third kappa shape index (κ3) is 17.4. The van der Waals surface area contributed by atoms with E-state index in [0.29, 0.717) is 76.2 Å². The monoisotopic (exact) mass is 1390 g/mol. The van der Waals surface area contributed by atoms with Crippen LogP contribution >= 0.6 is 69.6 Å². The summed E-state index contributed by atoms with van der Waals surface area (Å²) in [7, 11) is 0. The second-order valence-corrected chi connectivity index (χ2v) is 23.2. The van der Waals surface area contributed by atoms with E-state index in [1.54, 1.807) is 115 Å². The molecule has 0 aliphatic rings. The van der Waals surface area contributed by atoms with Crippen molar-refractivity contribution in [3.05, 3.63) is 328 Å². The second kappa shape index (κ2) is 30.2. The third-order valence-corrected chi connectivity index (χ3v) is 16.2. The number of amides is 3. The van der Waals surface area contributed by atoms with Crippen molar-refractivity contribution in [1.29, 1.82) is 0 Å². The molecule has 0 radical (unpaired) electrons. The summed E-state index contributed by atoms with van der Waals surface area (Å²) in [5.41, 5.74) is 7.21. The van der Waals surface area contributed by atoms with E-state index in [4.69, 9.17) is 69.6 Å². The van der Waals surface area contributed by atoms with Crippen molar-refractivity contribution in [2.75, 3.05) is 16.0 Å². The first kappa shape index (κ1) is 67.0. The van der Waals surface area contributed by atoms with Gasteiger partial charge in [0.25, 0.3) is 22.6 Å². The van der Waals surface area contributed by atoms with Crippen molar-refractivity contribution in [1.82, 2.24) is 43.6 Å². The highest BCUT2D eigenvalue weighted by atomic mass is 35.5. The predicted molar refractivity (Wildman–Crippen MR) is 371 cm³/mol. The van der Waals surface area contributed by atoms with Gasteiger partial charge in [0.1, 0.15) is 5.02 Å². The molecule has 0 aliphatic heterocycles. The highest BCUT2D eigenvalue weighted by Gasteiger charge is 2.14. The van der Waals surface area contributed by atoms with Crippen LogP contribution in [-0.2, 0) is 22.4 Å². The number of carbonyl (C=O) groups is 3. The van der Waals surface area contributed by atoms with Gasteiger partial charge in [0, 0.05) is 58.4 Å². The van der Waals surface area contributed by atoms with Crippen molar-refractivity contribution in [2.45, 2.75) is 19.8 Å². The van der Waals surface area contributed by atoms with Gasteiger partial charge in [-0.3, -0.25) is 57.4 Å². The van der Waals surface area contributed by atoms with Crippen molar-refractivity contribution >= 4 is 104 Å². The van der Waals surface area contributed by atoms with Crippen molar-refractivity contribution < 1.29 is 14.4 Å². The fourth-order valence-corrected chi connectivity index (χ4v) is 10.2. The molecule has 6 N–H and O–H groups in total. The number of aromatic amines is 3. The first-order valence-corrected chi connectivity index (χ1v) is 30.5. The van der Waals surface area contributed by atoms with Crippen molar-refractivity contribution in [3.63, 3.8) is 0 Å². The molecule has 0 saturated carbocycles. The number of nitrogens with zero attached hydrogens (tertiary/aromatic N) is 6. The largest absolute Gasteiger partial charge is 0.332 e. The molecule has 12 rings (SSSR count). The van der Waals surface area contributed by atoms with Crippen LogP contribution in [0.4, 0.5) is 17.1 Å². The number of benzene rings is 8. The van der Waals surface area contributed by atoms with Gasteiger partial charge in [0.2, 0.25) is 11.8 Å². The number of aryl methyl sites for hydroxylation is 1. The zero-order chi connectivity index (χ0) is 67.4. The maximum atomic E-state index is 12.7. The van der Waals surface area contributed by atoms with E-state index in [1.807, 2.05) is 73.7 Å². The molecule has 95 heavy (non-hydrogen) atoms. The van der Waals surface area contributed by atoms with Gasteiger partial charge in [-0.05, 0) is 162 Å². The Morgan fingerprint density at radius 2 is 0.905 bits per heavy atom. The number of aromatic nitrogens is 9. The average molecular weight is 1390 g/mol. The fraction of sp³-hybridized carbons (Fsp3) is 0.0441. The lowest BCUT2D eigenvalue weighted by atomic mass is 10.0. The first-order valence-electron chi connectivity index (χ1n) is 28.2. The van der Waals surface area contributed by atoms with Gasteiger partial charge >= 0.3 is 17.1 Å². The van der Waals surface area contributed by atoms with Crippen LogP contribution in [0.1, 0.15) is 27.2 Å². The van der Waals surface area contributed by atoms with E-state index in [-0.39, 0.29) is 35.6 Å². The van der Waals surface area contributed by atoms with Gasteiger partial charge in [-0.2, -0.15) is 0 Å². The van der Waals surface area contributed by atoms with Gasteiger partial charge in [0.15, 0.2) is 0 Å². The summed E-state index contributed by atoms with van der Waals surface area (Å²) in [4.78, 5) is 114. The summed E-state index contributed by atoms with van der Waals surface area (Å²) in [6.07, 6.45) is 5.87. The third-order valence-electron chi connectivity index (χ3n) is 14.0. The summed E-state index contributed by atoms with van der Waals surface area (Å²) in [6.45, 7) is 1.94. The minimum atomic E-state index is -0.648. The molecule has 27 heteroatoms. The number of carbonyl (C=O) groups excluding carboxylic acids is 3. The molecule has 4 heterocycles. The molecule has 0 atom stereocenters. The number of anilines is 3. The number of nitrogens with one attached hydrogen (secondary N) is 6. The lowest BCUT2D eigenvalue weighted by Gasteiger charge is -2.10. The van der Waals surface area contributed by atoms with Crippen LogP contribution in [0, 0.1) is 6.92 Å². The first-order chi connectivity index (χ1) is 45.6. The minimum Gasteiger partial charge on any atom is -0.326 e. The Balaban J connectivity index is 0.000000155. The van der Waals surface area contributed by atoms with E-state index in [0.717, 1.165) is 33.4 Å². The Kier molecular flexibility index (Phi) is 21.3. The molecule has 4 aromatic heterocycles. The number of halogens is 6. The quantitative estimate of drug-likeness (QED) is 0.0595. The van der Waals surface area contributed by atoms with Crippen LogP contribution in [-0.4, -0.2) is 61.4 Å². The molecular weight excluding hydrogens is 1340 g/mol. The maximum Gasteiger partial charge on any atom is 0.332 e. The molecule has 8 aromatic carbocycles. The normalized spacial score (nSPS) is 10.7. The Hall–Kier alpha value is -10.9. The molecule has 476 valence electrons. The van der Waals surface area contributed by atoms with E-state index in [1.165, 1.54) is 49.1 Å². The van der Waals surface area contributed by atoms with Crippen LogP contribution in [0.5, 0.6) is 0 Å². The zero-order valence-corrected chi connectivity index (χ0v) is 53.8. The molecule has 12 aromatic rings. The summed E-state index contributed by atoms with van der Waals surface area (Å²) in [6, 6.07) is 53.6. The van der Waals surface area contributed by atoms with Crippen molar-refractivity contribution in [2.24, 2.45) is 0 Å². The van der Waals surface area contributed by atoms with Crippen LogP contribution < -0.4 is 49.7 Å². The van der Waals surface area contributed by atoms with E-state index < -0.39 is 33.7 Å². The molecule has 0 saturated heterocycles. The van der Waals surface area contributed by atoms with E-state index >= 15 is 0 Å². The zero-order valence-electron chi connectivity index (χ0n) is 49.2.